The first-order valence-corrected chi connectivity index (χ1v) is 11.3. The summed E-state index contributed by atoms with van der Waals surface area (Å²) in [4.78, 5) is 27.1. The van der Waals surface area contributed by atoms with E-state index in [1.54, 1.807) is 6.92 Å². The number of esters is 1. The van der Waals surface area contributed by atoms with Crippen LogP contribution in [0.15, 0.2) is 36.4 Å². The smallest absolute Gasteiger partial charge is 0.307 e. The van der Waals surface area contributed by atoms with Gasteiger partial charge in [-0.05, 0) is 74.7 Å². The molecule has 1 heterocycles. The Bertz CT molecular complexity index is 964. The number of hydrogen-bond donors (Lipinski definition) is 1. The minimum Gasteiger partial charge on any atom is -0.490 e. The number of halogens is 1. The van der Waals surface area contributed by atoms with E-state index >= 15 is 0 Å². The van der Waals surface area contributed by atoms with E-state index in [1.807, 2.05) is 30.9 Å². The van der Waals surface area contributed by atoms with Gasteiger partial charge in [-0.15, -0.1) is 0 Å². The van der Waals surface area contributed by atoms with Gasteiger partial charge in [-0.1, -0.05) is 0 Å². The molecule has 0 saturated heterocycles. The zero-order chi connectivity index (χ0) is 23.8. The normalized spacial score (nSPS) is 15.5. The highest BCUT2D eigenvalue weighted by molar-refractivity contribution is 5.92. The molecule has 0 aromatic heterocycles. The minimum absolute atomic E-state index is 0.0814. The largest absolute Gasteiger partial charge is 0.490 e. The maximum atomic E-state index is 13.2. The number of anilines is 1. The first-order chi connectivity index (χ1) is 15.9. The Morgan fingerprint density at radius 3 is 2.33 bits per heavy atom. The first kappa shape index (κ1) is 24.5. The number of ether oxygens (including phenoxy) is 3. The van der Waals surface area contributed by atoms with Gasteiger partial charge in [0, 0.05) is 18.3 Å². The van der Waals surface area contributed by atoms with Crippen molar-refractivity contribution in [1.82, 2.24) is 4.90 Å². The molecule has 33 heavy (non-hydrogen) atoms. The van der Waals surface area contributed by atoms with Crippen LogP contribution in [0.2, 0.25) is 0 Å². The number of benzene rings is 2. The van der Waals surface area contributed by atoms with Crippen molar-refractivity contribution in [1.29, 1.82) is 0 Å². The van der Waals surface area contributed by atoms with Crippen molar-refractivity contribution in [3.8, 4) is 11.5 Å². The summed E-state index contributed by atoms with van der Waals surface area (Å²) >= 11 is 0. The summed E-state index contributed by atoms with van der Waals surface area (Å²) in [6.07, 6.45) is 0.815. The fraction of sp³-hybridized carbons (Fsp3) is 0.440. The number of nitrogens with zero attached hydrogens (tertiary/aromatic N) is 1. The third kappa shape index (κ3) is 6.44. The molecule has 3 rings (SSSR count). The number of carbonyl (C=O) groups excluding carboxylic acids is 2. The van der Waals surface area contributed by atoms with Crippen LogP contribution in [0.3, 0.4) is 0 Å². The van der Waals surface area contributed by atoms with Gasteiger partial charge in [-0.2, -0.15) is 0 Å². The number of hydrogen-bond acceptors (Lipinski definition) is 6. The average Bonchev–Trinajstić information content (AvgIpc) is 2.78. The Morgan fingerprint density at radius 2 is 1.70 bits per heavy atom. The molecular formula is C25H31FN2O5. The van der Waals surface area contributed by atoms with Crippen molar-refractivity contribution in [3.05, 3.63) is 53.3 Å². The first-order valence-electron chi connectivity index (χ1n) is 11.3. The molecule has 1 aliphatic rings. The monoisotopic (exact) mass is 458 g/mol. The van der Waals surface area contributed by atoms with E-state index in [9.17, 15) is 14.0 Å². The molecule has 0 radical (unpaired) electrons. The second-order valence-corrected chi connectivity index (χ2v) is 7.66. The molecule has 7 nitrogen and oxygen atoms in total. The van der Waals surface area contributed by atoms with Crippen LogP contribution in [0.1, 0.15) is 44.4 Å². The Labute approximate surface area is 193 Å². The van der Waals surface area contributed by atoms with Gasteiger partial charge < -0.3 is 19.5 Å². The quantitative estimate of drug-likeness (QED) is 0.540. The molecule has 178 valence electrons. The van der Waals surface area contributed by atoms with E-state index in [-0.39, 0.29) is 43.3 Å². The Morgan fingerprint density at radius 1 is 1.03 bits per heavy atom. The highest BCUT2D eigenvalue weighted by atomic mass is 19.1. The molecule has 2 aromatic carbocycles. The number of amides is 1. The summed E-state index contributed by atoms with van der Waals surface area (Å²) in [6.45, 7) is 7.54. The van der Waals surface area contributed by atoms with E-state index in [0.29, 0.717) is 43.4 Å². The number of rotatable bonds is 10. The predicted octanol–water partition coefficient (Wildman–Crippen LogP) is 4.11. The van der Waals surface area contributed by atoms with Crippen molar-refractivity contribution in [3.63, 3.8) is 0 Å². The summed E-state index contributed by atoms with van der Waals surface area (Å²) in [6, 6.07) is 9.15. The molecule has 0 fully saturated rings. The molecule has 1 N–H and O–H groups in total. The SMILES string of the molecule is CCOC(=O)C[C@@H]1c2cc(OCC)c(OCC)cc2CCN1CC(=O)Nc1ccc(F)cc1. The molecule has 1 atom stereocenters. The highest BCUT2D eigenvalue weighted by Gasteiger charge is 2.32. The minimum atomic E-state index is -0.369. The predicted molar refractivity (Wildman–Crippen MR) is 123 cm³/mol. The van der Waals surface area contributed by atoms with Crippen LogP contribution in [0, 0.1) is 5.82 Å². The van der Waals surface area contributed by atoms with Crippen LogP contribution in [0.5, 0.6) is 11.5 Å². The Kier molecular flexibility index (Phi) is 8.65. The van der Waals surface area contributed by atoms with E-state index in [2.05, 4.69) is 5.32 Å². The van der Waals surface area contributed by atoms with Gasteiger partial charge >= 0.3 is 5.97 Å². The van der Waals surface area contributed by atoms with Crippen molar-refractivity contribution in [2.24, 2.45) is 0 Å². The lowest BCUT2D eigenvalue weighted by Gasteiger charge is -2.37. The molecule has 8 heteroatoms. The number of carbonyl (C=O) groups is 2. The lowest BCUT2D eigenvalue weighted by atomic mass is 9.90. The Hall–Kier alpha value is -3.13. The zero-order valence-electron chi connectivity index (χ0n) is 19.4. The molecule has 0 saturated carbocycles. The third-order valence-corrected chi connectivity index (χ3v) is 5.41. The maximum absolute atomic E-state index is 13.2. The lowest BCUT2D eigenvalue weighted by Crippen LogP contribution is -2.41. The second kappa shape index (κ2) is 11.7. The highest BCUT2D eigenvalue weighted by Crippen LogP contribution is 2.40. The van der Waals surface area contributed by atoms with E-state index in [1.165, 1.54) is 24.3 Å². The molecule has 0 aliphatic carbocycles. The average molecular weight is 459 g/mol. The van der Waals surface area contributed by atoms with Crippen molar-refractivity contribution < 1.29 is 28.2 Å². The fourth-order valence-corrected chi connectivity index (χ4v) is 4.02. The van der Waals surface area contributed by atoms with Gasteiger partial charge in [0.25, 0.3) is 0 Å². The molecule has 0 bridgehead atoms. The topological polar surface area (TPSA) is 77.1 Å². The van der Waals surface area contributed by atoms with Crippen LogP contribution in [-0.4, -0.2) is 49.7 Å². The summed E-state index contributed by atoms with van der Waals surface area (Å²) in [5, 5.41) is 2.79. The van der Waals surface area contributed by atoms with Gasteiger partial charge in [-0.3, -0.25) is 14.5 Å². The molecule has 0 unspecified atom stereocenters. The standard InChI is InChI=1S/C25H31FN2O5/c1-4-31-22-13-17-11-12-28(16-24(29)27-19-9-7-18(26)8-10-19)21(15-25(30)33-6-3)20(17)14-23(22)32-5-2/h7-10,13-14,21H,4-6,11-12,15-16H2,1-3H3,(H,27,29)/t21-/m1/s1. The van der Waals surface area contributed by atoms with Crippen molar-refractivity contribution >= 4 is 17.6 Å². The summed E-state index contributed by atoms with van der Waals surface area (Å²) in [5.41, 5.74) is 2.50. The van der Waals surface area contributed by atoms with Crippen molar-refractivity contribution in [2.45, 2.75) is 39.7 Å². The van der Waals surface area contributed by atoms with Gasteiger partial charge in [0.2, 0.25) is 5.91 Å². The van der Waals surface area contributed by atoms with Crippen LogP contribution < -0.4 is 14.8 Å². The summed E-state index contributed by atoms with van der Waals surface area (Å²) in [5.74, 6) is 0.354. The zero-order valence-corrected chi connectivity index (χ0v) is 19.4. The molecule has 2 aromatic rings. The summed E-state index contributed by atoms with van der Waals surface area (Å²) in [7, 11) is 0. The third-order valence-electron chi connectivity index (χ3n) is 5.41. The van der Waals surface area contributed by atoms with E-state index in [4.69, 9.17) is 14.2 Å². The van der Waals surface area contributed by atoms with E-state index < -0.39 is 0 Å². The van der Waals surface area contributed by atoms with Gasteiger partial charge in [0.05, 0.1) is 32.8 Å². The maximum Gasteiger partial charge on any atom is 0.307 e. The molecule has 1 amide bonds. The van der Waals surface area contributed by atoms with Crippen LogP contribution in [0.25, 0.3) is 0 Å². The summed E-state index contributed by atoms with van der Waals surface area (Å²) < 4.78 is 29.9. The van der Waals surface area contributed by atoms with Gasteiger partial charge in [0.1, 0.15) is 5.82 Å². The van der Waals surface area contributed by atoms with Crippen LogP contribution >= 0.6 is 0 Å². The fourth-order valence-electron chi connectivity index (χ4n) is 4.02. The van der Waals surface area contributed by atoms with Crippen LogP contribution in [-0.2, 0) is 20.7 Å². The second-order valence-electron chi connectivity index (χ2n) is 7.66. The Balaban J connectivity index is 1.86. The molecule has 1 aliphatic heterocycles. The molecule has 0 spiro atoms. The van der Waals surface area contributed by atoms with Crippen LogP contribution in [0.4, 0.5) is 10.1 Å². The lowest BCUT2D eigenvalue weighted by molar-refractivity contribution is -0.145. The number of nitrogens with one attached hydrogen (secondary N) is 1. The molecular weight excluding hydrogens is 427 g/mol. The van der Waals surface area contributed by atoms with E-state index in [0.717, 1.165) is 11.1 Å². The van der Waals surface area contributed by atoms with Gasteiger partial charge in [-0.25, -0.2) is 4.39 Å². The number of fused-ring (bicyclic) bond motifs is 1. The van der Waals surface area contributed by atoms with Crippen molar-refractivity contribution in [2.75, 3.05) is 38.2 Å². The van der Waals surface area contributed by atoms with Gasteiger partial charge in [0.15, 0.2) is 11.5 Å².